The maximum atomic E-state index is 12.0. The number of anilines is 1. The molecule has 1 aromatic heterocycles. The number of benzene rings is 1. The molecule has 0 bridgehead atoms. The number of carbonyl (C=O) groups excluding carboxylic acids is 1. The Bertz CT molecular complexity index is 663. The van der Waals surface area contributed by atoms with Crippen molar-refractivity contribution in [1.82, 2.24) is 10.2 Å². The summed E-state index contributed by atoms with van der Waals surface area (Å²) in [5.41, 5.74) is 0.579. The van der Waals surface area contributed by atoms with E-state index in [9.17, 15) is 13.2 Å². The van der Waals surface area contributed by atoms with E-state index in [0.717, 1.165) is 0 Å². The van der Waals surface area contributed by atoms with E-state index < -0.39 is 10.0 Å². The second-order valence-electron chi connectivity index (χ2n) is 3.64. The fraction of sp³-hybridized carbons (Fsp3) is 0.0909. The van der Waals surface area contributed by atoms with E-state index in [2.05, 4.69) is 14.9 Å². The molecule has 2 rings (SSSR count). The van der Waals surface area contributed by atoms with Gasteiger partial charge in [0.1, 0.15) is 4.90 Å². The summed E-state index contributed by atoms with van der Waals surface area (Å²) in [6.07, 6.45) is 2.46. The summed E-state index contributed by atoms with van der Waals surface area (Å²) < 4.78 is 26.3. The molecule has 0 atom stereocenters. The van der Waals surface area contributed by atoms with Crippen LogP contribution in [0.3, 0.4) is 0 Å². The minimum Gasteiger partial charge on any atom is -0.294 e. The topological polar surface area (TPSA) is 91.9 Å². The van der Waals surface area contributed by atoms with E-state index in [-0.39, 0.29) is 16.4 Å². The van der Waals surface area contributed by atoms with Gasteiger partial charge in [0.15, 0.2) is 5.78 Å². The number of rotatable bonds is 4. The predicted molar refractivity (Wildman–Crippen MR) is 65.8 cm³/mol. The molecule has 0 spiro atoms. The van der Waals surface area contributed by atoms with Crippen LogP contribution in [-0.4, -0.2) is 24.4 Å². The first-order valence-electron chi connectivity index (χ1n) is 5.12. The average molecular weight is 265 g/mol. The summed E-state index contributed by atoms with van der Waals surface area (Å²) >= 11 is 0. The standard InChI is InChI=1S/C11H11N3O3S/c1-8(15)10-4-2-3-5-11(10)14-18(16,17)9-6-12-13-7-9/h2-7,14H,1H3,(H,12,13). The molecule has 0 unspecified atom stereocenters. The molecule has 2 N–H and O–H groups in total. The molecule has 1 heterocycles. The summed E-state index contributed by atoms with van der Waals surface area (Å²) in [6, 6.07) is 6.43. The van der Waals surface area contributed by atoms with Gasteiger partial charge in [-0.3, -0.25) is 14.6 Å². The van der Waals surface area contributed by atoms with E-state index in [1.807, 2.05) is 0 Å². The Hall–Kier alpha value is -2.15. The van der Waals surface area contributed by atoms with Crippen molar-refractivity contribution >= 4 is 21.5 Å². The monoisotopic (exact) mass is 265 g/mol. The third-order valence-corrected chi connectivity index (χ3v) is 3.67. The van der Waals surface area contributed by atoms with Crippen LogP contribution in [0.1, 0.15) is 17.3 Å². The van der Waals surface area contributed by atoms with Gasteiger partial charge >= 0.3 is 0 Å². The van der Waals surface area contributed by atoms with Gasteiger partial charge in [0, 0.05) is 11.8 Å². The van der Waals surface area contributed by atoms with Gasteiger partial charge in [-0.15, -0.1) is 0 Å². The maximum absolute atomic E-state index is 12.0. The number of ketones is 1. The molecule has 7 heteroatoms. The smallest absolute Gasteiger partial charge is 0.265 e. The third-order valence-electron chi connectivity index (χ3n) is 2.33. The largest absolute Gasteiger partial charge is 0.294 e. The Morgan fingerprint density at radius 2 is 2.06 bits per heavy atom. The van der Waals surface area contributed by atoms with E-state index in [1.165, 1.54) is 25.4 Å². The SMILES string of the molecule is CC(=O)c1ccccc1NS(=O)(=O)c1cn[nH]c1. The summed E-state index contributed by atoms with van der Waals surface area (Å²) in [6.45, 7) is 1.38. The summed E-state index contributed by atoms with van der Waals surface area (Å²) in [5.74, 6) is -0.208. The molecule has 0 aliphatic heterocycles. The number of sulfonamides is 1. The summed E-state index contributed by atoms with van der Waals surface area (Å²) in [5, 5.41) is 6.00. The number of nitrogens with zero attached hydrogens (tertiary/aromatic N) is 1. The lowest BCUT2D eigenvalue weighted by Crippen LogP contribution is -2.14. The number of aromatic amines is 1. The highest BCUT2D eigenvalue weighted by Crippen LogP contribution is 2.19. The zero-order chi connectivity index (χ0) is 13.2. The molecule has 0 radical (unpaired) electrons. The van der Waals surface area contributed by atoms with Gasteiger partial charge in [-0.25, -0.2) is 8.42 Å². The van der Waals surface area contributed by atoms with Gasteiger partial charge in [0.2, 0.25) is 0 Å². The van der Waals surface area contributed by atoms with Crippen LogP contribution in [-0.2, 0) is 10.0 Å². The van der Waals surface area contributed by atoms with Crippen molar-refractivity contribution in [3.63, 3.8) is 0 Å². The van der Waals surface area contributed by atoms with Crippen molar-refractivity contribution < 1.29 is 13.2 Å². The molecule has 0 saturated heterocycles. The Morgan fingerprint density at radius 3 is 2.67 bits per heavy atom. The van der Waals surface area contributed by atoms with Crippen molar-refractivity contribution in [2.75, 3.05) is 4.72 Å². The lowest BCUT2D eigenvalue weighted by Gasteiger charge is -2.09. The van der Waals surface area contributed by atoms with Crippen LogP contribution >= 0.6 is 0 Å². The molecule has 0 fully saturated rings. The van der Waals surface area contributed by atoms with Gasteiger partial charge < -0.3 is 0 Å². The molecule has 0 saturated carbocycles. The molecule has 6 nitrogen and oxygen atoms in total. The molecule has 0 aliphatic rings. The van der Waals surface area contributed by atoms with Gasteiger partial charge in [-0.1, -0.05) is 12.1 Å². The maximum Gasteiger partial charge on any atom is 0.265 e. The highest BCUT2D eigenvalue weighted by Gasteiger charge is 2.17. The van der Waals surface area contributed by atoms with E-state index in [4.69, 9.17) is 0 Å². The molecule has 0 amide bonds. The highest BCUT2D eigenvalue weighted by atomic mass is 32.2. The van der Waals surface area contributed by atoms with Gasteiger partial charge in [-0.05, 0) is 19.1 Å². The predicted octanol–water partition coefficient (Wildman–Crippen LogP) is 1.41. The number of H-pyrrole nitrogens is 1. The first-order chi connectivity index (χ1) is 8.50. The fourth-order valence-electron chi connectivity index (χ4n) is 1.47. The van der Waals surface area contributed by atoms with Crippen molar-refractivity contribution in [1.29, 1.82) is 0 Å². The zero-order valence-electron chi connectivity index (χ0n) is 9.54. The minimum atomic E-state index is -3.72. The fourth-order valence-corrected chi connectivity index (χ4v) is 2.45. The lowest BCUT2D eigenvalue weighted by molar-refractivity contribution is 0.101. The number of nitrogens with one attached hydrogen (secondary N) is 2. The second kappa shape index (κ2) is 4.61. The minimum absolute atomic E-state index is 0.0147. The van der Waals surface area contributed by atoms with Gasteiger partial charge in [0.25, 0.3) is 10.0 Å². The van der Waals surface area contributed by atoms with Crippen molar-refractivity contribution in [2.24, 2.45) is 0 Å². The van der Waals surface area contributed by atoms with Crippen LogP contribution in [0.2, 0.25) is 0 Å². The normalized spacial score (nSPS) is 11.2. The highest BCUT2D eigenvalue weighted by molar-refractivity contribution is 7.92. The van der Waals surface area contributed by atoms with Gasteiger partial charge in [-0.2, -0.15) is 5.10 Å². The van der Waals surface area contributed by atoms with Gasteiger partial charge in [0.05, 0.1) is 11.9 Å². The van der Waals surface area contributed by atoms with Crippen LogP contribution in [0.5, 0.6) is 0 Å². The zero-order valence-corrected chi connectivity index (χ0v) is 10.4. The molecular formula is C11H11N3O3S. The second-order valence-corrected chi connectivity index (χ2v) is 5.32. The average Bonchev–Trinajstić information content (AvgIpc) is 2.83. The summed E-state index contributed by atoms with van der Waals surface area (Å²) in [4.78, 5) is 11.4. The van der Waals surface area contributed by atoms with Crippen LogP contribution in [0.15, 0.2) is 41.6 Å². The first-order valence-corrected chi connectivity index (χ1v) is 6.60. The van der Waals surface area contributed by atoms with Crippen molar-refractivity contribution in [3.8, 4) is 0 Å². The Balaban J connectivity index is 2.39. The molecule has 2 aromatic rings. The molecule has 94 valence electrons. The van der Waals surface area contributed by atoms with E-state index in [1.54, 1.807) is 18.2 Å². The lowest BCUT2D eigenvalue weighted by atomic mass is 10.1. The third kappa shape index (κ3) is 2.40. The van der Waals surface area contributed by atoms with E-state index in [0.29, 0.717) is 5.56 Å². The number of aromatic nitrogens is 2. The quantitative estimate of drug-likeness (QED) is 0.817. The number of hydrogen-bond donors (Lipinski definition) is 2. The number of para-hydroxylation sites is 1. The Morgan fingerprint density at radius 1 is 1.33 bits per heavy atom. The molecule has 0 aliphatic carbocycles. The Kier molecular flexibility index (Phi) is 3.15. The number of carbonyl (C=O) groups is 1. The van der Waals surface area contributed by atoms with Crippen LogP contribution < -0.4 is 4.72 Å². The number of hydrogen-bond acceptors (Lipinski definition) is 4. The summed E-state index contributed by atoms with van der Waals surface area (Å²) in [7, 11) is -3.72. The molecular weight excluding hydrogens is 254 g/mol. The number of Topliss-reactive ketones (excluding diaryl/α,β-unsaturated/α-hetero) is 1. The van der Waals surface area contributed by atoms with E-state index >= 15 is 0 Å². The van der Waals surface area contributed by atoms with Crippen molar-refractivity contribution in [2.45, 2.75) is 11.8 Å². The first kappa shape index (κ1) is 12.3. The van der Waals surface area contributed by atoms with Crippen LogP contribution in [0.25, 0.3) is 0 Å². The van der Waals surface area contributed by atoms with Crippen LogP contribution in [0.4, 0.5) is 5.69 Å². The molecule has 18 heavy (non-hydrogen) atoms. The molecule has 1 aromatic carbocycles. The Labute approximate surface area is 104 Å². The van der Waals surface area contributed by atoms with Crippen LogP contribution in [0, 0.1) is 0 Å². The van der Waals surface area contributed by atoms with Crippen molar-refractivity contribution in [3.05, 3.63) is 42.2 Å².